The number of nitrogens with one attached hydrogen (secondary N) is 1. The predicted octanol–water partition coefficient (Wildman–Crippen LogP) is 6.13. The van der Waals surface area contributed by atoms with Crippen LogP contribution in [0.5, 0.6) is 0 Å². The molecule has 0 radical (unpaired) electrons. The first kappa shape index (κ1) is 35.1. The molecule has 0 unspecified atom stereocenters. The highest BCUT2D eigenvalue weighted by Gasteiger charge is 2.32. The summed E-state index contributed by atoms with van der Waals surface area (Å²) in [5.74, 6) is -1.01. The van der Waals surface area contributed by atoms with Crippen LogP contribution in [0.3, 0.4) is 0 Å². The van der Waals surface area contributed by atoms with Gasteiger partial charge in [0.15, 0.2) is 0 Å². The average Bonchev–Trinajstić information content (AvgIpc) is 3.44. The van der Waals surface area contributed by atoms with Crippen molar-refractivity contribution in [2.24, 2.45) is 0 Å². The molecular weight excluding hydrogens is 621 g/mol. The number of likely N-dealkylation sites (N-methyl/N-ethyl adjacent to an activating group) is 1. The normalized spacial score (nSPS) is 13.2. The zero-order chi connectivity index (χ0) is 35.5. The van der Waals surface area contributed by atoms with Crippen molar-refractivity contribution < 1.29 is 18.7 Å². The number of benzene rings is 2. The Bertz CT molecular complexity index is 1970. The largest absolute Gasteiger partial charge is 0.380 e. The van der Waals surface area contributed by atoms with Gasteiger partial charge in [0.05, 0.1) is 23.4 Å². The van der Waals surface area contributed by atoms with E-state index in [0.29, 0.717) is 64.5 Å². The fraction of sp³-hybridized carbons (Fsp3) is 0.342. The molecule has 254 valence electrons. The Morgan fingerprint density at radius 2 is 1.96 bits per heavy atom. The van der Waals surface area contributed by atoms with Crippen molar-refractivity contribution in [2.45, 2.75) is 46.1 Å². The van der Waals surface area contributed by atoms with Gasteiger partial charge in [-0.1, -0.05) is 57.5 Å². The van der Waals surface area contributed by atoms with Gasteiger partial charge in [0.1, 0.15) is 23.4 Å². The summed E-state index contributed by atoms with van der Waals surface area (Å²) in [6.45, 7) is 9.49. The van der Waals surface area contributed by atoms with Crippen LogP contribution >= 0.6 is 0 Å². The highest BCUT2D eigenvalue weighted by molar-refractivity contribution is 6.10. The number of aromatic nitrogens is 3. The van der Waals surface area contributed by atoms with Crippen molar-refractivity contribution in [2.75, 3.05) is 45.7 Å². The van der Waals surface area contributed by atoms with Crippen LogP contribution in [0.25, 0.3) is 23.0 Å². The summed E-state index contributed by atoms with van der Waals surface area (Å²) in [6.07, 6.45) is 5.71. The molecular formula is C38H42FN7O3. The lowest BCUT2D eigenvalue weighted by atomic mass is 9.84. The van der Waals surface area contributed by atoms with Crippen molar-refractivity contribution in [1.29, 1.82) is 5.26 Å². The molecule has 0 bridgehead atoms. The minimum Gasteiger partial charge on any atom is -0.380 e. The number of halogens is 1. The molecule has 10 nitrogen and oxygen atoms in total. The van der Waals surface area contributed by atoms with Crippen molar-refractivity contribution >= 4 is 23.7 Å². The number of methoxy groups -OCH3 is 1. The summed E-state index contributed by atoms with van der Waals surface area (Å²) >= 11 is 0. The van der Waals surface area contributed by atoms with Crippen LogP contribution in [-0.2, 0) is 16.8 Å². The van der Waals surface area contributed by atoms with Crippen LogP contribution in [0, 0.1) is 17.1 Å². The monoisotopic (exact) mass is 663 g/mol. The number of hydrogen-bond donors (Lipinski definition) is 1. The predicted molar refractivity (Wildman–Crippen MR) is 188 cm³/mol. The Morgan fingerprint density at radius 3 is 2.63 bits per heavy atom. The van der Waals surface area contributed by atoms with E-state index in [1.165, 1.54) is 18.1 Å². The molecule has 3 heterocycles. The third kappa shape index (κ3) is 7.46. The number of carbonyl (C=O) groups excluding carboxylic acids is 2. The highest BCUT2D eigenvalue weighted by Crippen LogP contribution is 2.35. The van der Waals surface area contributed by atoms with E-state index in [-0.39, 0.29) is 30.0 Å². The van der Waals surface area contributed by atoms with Gasteiger partial charge in [-0.25, -0.2) is 14.1 Å². The van der Waals surface area contributed by atoms with E-state index in [1.54, 1.807) is 47.4 Å². The molecule has 1 aliphatic heterocycles. The standard InChI is InChI=1S/C38H42FN7O3/c1-8-24-16-27-18-29(38(2,3)4)19-31(39)33(27)37(48)45(21-24)35-30(23-49-7)32(12-13-41-35)46-22-28(20-40)34(43-46)25-10-9-11-26(17-25)36(47)42-14-15-44(5)6/h9-13,16-19,22H,8,14-15,21,23H2,1-7H3,(H,42,47). The first-order valence-electron chi connectivity index (χ1n) is 16.2. The average molecular weight is 664 g/mol. The Hall–Kier alpha value is -5.18. The molecule has 5 rings (SSSR count). The molecule has 0 fully saturated rings. The number of anilines is 1. The molecule has 0 aliphatic carbocycles. The highest BCUT2D eigenvalue weighted by atomic mass is 19.1. The molecule has 2 aromatic heterocycles. The second-order valence-corrected chi connectivity index (χ2v) is 13.4. The molecule has 0 saturated heterocycles. The van der Waals surface area contributed by atoms with Crippen molar-refractivity contribution in [1.82, 2.24) is 25.0 Å². The van der Waals surface area contributed by atoms with Gasteiger partial charge in [0.25, 0.3) is 11.8 Å². The number of carbonyl (C=O) groups is 2. The second-order valence-electron chi connectivity index (χ2n) is 13.4. The van der Waals surface area contributed by atoms with Gasteiger partial charge in [0, 0.05) is 55.8 Å². The van der Waals surface area contributed by atoms with E-state index in [4.69, 9.17) is 9.84 Å². The van der Waals surface area contributed by atoms with E-state index >= 15 is 4.39 Å². The summed E-state index contributed by atoms with van der Waals surface area (Å²) in [5, 5.41) is 17.8. The zero-order valence-corrected chi connectivity index (χ0v) is 29.1. The maximum atomic E-state index is 15.8. The van der Waals surface area contributed by atoms with Crippen LogP contribution in [-0.4, -0.2) is 72.3 Å². The molecule has 2 aromatic carbocycles. The topological polar surface area (TPSA) is 116 Å². The molecule has 0 spiro atoms. The Kier molecular flexibility index (Phi) is 10.4. The third-order valence-electron chi connectivity index (χ3n) is 8.50. The molecule has 0 atom stereocenters. The number of rotatable bonds is 10. The van der Waals surface area contributed by atoms with Crippen LogP contribution in [0.2, 0.25) is 0 Å². The van der Waals surface area contributed by atoms with Gasteiger partial charge in [-0.05, 0) is 61.3 Å². The Morgan fingerprint density at radius 1 is 1.18 bits per heavy atom. The fourth-order valence-electron chi connectivity index (χ4n) is 5.76. The summed E-state index contributed by atoms with van der Waals surface area (Å²) < 4.78 is 23.0. The van der Waals surface area contributed by atoms with E-state index in [1.807, 2.05) is 58.8 Å². The van der Waals surface area contributed by atoms with E-state index in [9.17, 15) is 14.9 Å². The third-order valence-corrected chi connectivity index (χ3v) is 8.50. The first-order valence-corrected chi connectivity index (χ1v) is 16.2. The second kappa shape index (κ2) is 14.5. The van der Waals surface area contributed by atoms with E-state index in [0.717, 1.165) is 11.1 Å². The fourth-order valence-corrected chi connectivity index (χ4v) is 5.76. The summed E-state index contributed by atoms with van der Waals surface area (Å²) in [6, 6.07) is 14.3. The lowest BCUT2D eigenvalue weighted by Gasteiger charge is -2.26. The van der Waals surface area contributed by atoms with Crippen LogP contribution in [0.4, 0.5) is 10.2 Å². The smallest absolute Gasteiger partial charge is 0.263 e. The molecule has 11 heteroatoms. The van der Waals surface area contributed by atoms with Gasteiger partial charge in [0.2, 0.25) is 0 Å². The Labute approximate surface area is 286 Å². The number of nitriles is 1. The maximum absolute atomic E-state index is 15.8. The maximum Gasteiger partial charge on any atom is 0.263 e. The van der Waals surface area contributed by atoms with Crippen molar-refractivity contribution in [3.63, 3.8) is 0 Å². The molecule has 0 saturated carbocycles. The summed E-state index contributed by atoms with van der Waals surface area (Å²) in [4.78, 5) is 35.2. The first-order chi connectivity index (χ1) is 23.4. The number of pyridine rings is 1. The van der Waals surface area contributed by atoms with Gasteiger partial charge < -0.3 is 15.0 Å². The Balaban J connectivity index is 1.58. The minimum atomic E-state index is -0.584. The van der Waals surface area contributed by atoms with Crippen LogP contribution < -0.4 is 10.2 Å². The molecule has 1 N–H and O–H groups in total. The number of hydrogen-bond acceptors (Lipinski definition) is 7. The zero-order valence-electron chi connectivity index (χ0n) is 29.1. The van der Waals surface area contributed by atoms with E-state index in [2.05, 4.69) is 16.4 Å². The SMILES string of the molecule is CCC1=Cc2cc(C(C)(C)C)cc(F)c2C(=O)N(c2nccc(-n3cc(C#N)c(-c4cccc(C(=O)NCCN(C)C)c4)n3)c2COC)C1. The molecule has 4 aromatic rings. The minimum absolute atomic E-state index is 0.00852. The van der Waals surface area contributed by atoms with Gasteiger partial charge in [-0.3, -0.25) is 14.5 Å². The van der Waals surface area contributed by atoms with Crippen LogP contribution in [0.15, 0.2) is 60.4 Å². The number of ether oxygens (including phenoxy) is 1. The van der Waals surface area contributed by atoms with Crippen molar-refractivity contribution in [3.05, 3.63) is 99.6 Å². The molecule has 1 aliphatic rings. The van der Waals surface area contributed by atoms with Gasteiger partial charge in [-0.2, -0.15) is 10.4 Å². The van der Waals surface area contributed by atoms with Gasteiger partial charge >= 0.3 is 0 Å². The van der Waals surface area contributed by atoms with Gasteiger partial charge in [-0.15, -0.1) is 0 Å². The number of fused-ring (bicyclic) bond motifs is 1. The summed E-state index contributed by atoms with van der Waals surface area (Å²) in [5.41, 5.74) is 4.77. The summed E-state index contributed by atoms with van der Waals surface area (Å²) in [7, 11) is 5.40. The van der Waals surface area contributed by atoms with Crippen molar-refractivity contribution in [3.8, 4) is 23.0 Å². The lowest BCUT2D eigenvalue weighted by Crippen LogP contribution is -2.34. The molecule has 49 heavy (non-hydrogen) atoms. The molecule has 2 amide bonds. The lowest BCUT2D eigenvalue weighted by molar-refractivity contribution is 0.0949. The van der Waals surface area contributed by atoms with E-state index < -0.39 is 11.7 Å². The number of amides is 2. The quantitative estimate of drug-likeness (QED) is 0.217. The van der Waals surface area contributed by atoms with Crippen LogP contribution in [0.1, 0.15) is 77.1 Å². The number of nitrogens with zero attached hydrogens (tertiary/aromatic N) is 6.